The van der Waals surface area contributed by atoms with Gasteiger partial charge in [0.25, 0.3) is 0 Å². The number of hydrogen-bond acceptors (Lipinski definition) is 4. The second-order valence-corrected chi connectivity index (χ2v) is 5.24. The third-order valence-electron chi connectivity index (χ3n) is 4.03. The zero-order valence-corrected chi connectivity index (χ0v) is 12.2. The highest BCUT2D eigenvalue weighted by molar-refractivity contribution is 4.89. The molecule has 0 spiro atoms. The van der Waals surface area contributed by atoms with Gasteiger partial charge in [0, 0.05) is 39.9 Å². The highest BCUT2D eigenvalue weighted by Gasteiger charge is 2.35. The molecule has 0 aromatic rings. The molecule has 1 heterocycles. The van der Waals surface area contributed by atoms with Crippen molar-refractivity contribution in [3.63, 3.8) is 0 Å². The molecule has 0 aromatic carbocycles. The SMILES string of the molecule is CCCCCCC(CN)N1CC(OC)C(OC)C1. The minimum atomic E-state index is 0.194. The van der Waals surface area contributed by atoms with Crippen LogP contribution < -0.4 is 5.73 Å². The Hall–Kier alpha value is -0.160. The van der Waals surface area contributed by atoms with Gasteiger partial charge in [0.15, 0.2) is 0 Å². The van der Waals surface area contributed by atoms with Crippen molar-refractivity contribution in [3.05, 3.63) is 0 Å². The topological polar surface area (TPSA) is 47.7 Å². The maximum atomic E-state index is 5.92. The van der Waals surface area contributed by atoms with Crippen molar-refractivity contribution < 1.29 is 9.47 Å². The van der Waals surface area contributed by atoms with E-state index >= 15 is 0 Å². The average molecular weight is 258 g/mol. The molecular formula is C14H30N2O2. The summed E-state index contributed by atoms with van der Waals surface area (Å²) >= 11 is 0. The maximum Gasteiger partial charge on any atom is 0.0971 e. The van der Waals surface area contributed by atoms with Gasteiger partial charge in [-0.2, -0.15) is 0 Å². The van der Waals surface area contributed by atoms with Crippen molar-refractivity contribution in [1.82, 2.24) is 4.90 Å². The first-order chi connectivity index (χ1) is 8.76. The molecule has 1 aliphatic rings. The van der Waals surface area contributed by atoms with E-state index in [0.29, 0.717) is 6.04 Å². The van der Waals surface area contributed by atoms with Crippen molar-refractivity contribution in [2.45, 2.75) is 57.3 Å². The Bertz CT molecular complexity index is 202. The zero-order chi connectivity index (χ0) is 13.4. The van der Waals surface area contributed by atoms with Crippen molar-refractivity contribution >= 4 is 0 Å². The number of nitrogens with zero attached hydrogens (tertiary/aromatic N) is 1. The van der Waals surface area contributed by atoms with E-state index in [-0.39, 0.29) is 12.2 Å². The van der Waals surface area contributed by atoms with E-state index < -0.39 is 0 Å². The molecule has 0 aromatic heterocycles. The van der Waals surface area contributed by atoms with Crippen LogP contribution in [0.4, 0.5) is 0 Å². The van der Waals surface area contributed by atoms with Crippen LogP contribution in [0.2, 0.25) is 0 Å². The molecule has 0 radical (unpaired) electrons. The Morgan fingerprint density at radius 2 is 1.72 bits per heavy atom. The lowest BCUT2D eigenvalue weighted by Crippen LogP contribution is -2.40. The first kappa shape index (κ1) is 15.9. The lowest BCUT2D eigenvalue weighted by atomic mass is 10.1. The summed E-state index contributed by atoms with van der Waals surface area (Å²) < 4.78 is 11.0. The van der Waals surface area contributed by atoms with Crippen LogP contribution in [0.1, 0.15) is 39.0 Å². The van der Waals surface area contributed by atoms with Crippen molar-refractivity contribution in [2.24, 2.45) is 5.73 Å². The van der Waals surface area contributed by atoms with Crippen LogP contribution in [0, 0.1) is 0 Å². The first-order valence-electron chi connectivity index (χ1n) is 7.26. The van der Waals surface area contributed by atoms with Crippen LogP contribution in [0.3, 0.4) is 0 Å². The Kier molecular flexibility index (Phi) is 7.82. The summed E-state index contributed by atoms with van der Waals surface area (Å²) in [5.74, 6) is 0. The molecule has 2 N–H and O–H groups in total. The Morgan fingerprint density at radius 3 is 2.17 bits per heavy atom. The zero-order valence-electron chi connectivity index (χ0n) is 12.2. The summed E-state index contributed by atoms with van der Waals surface area (Å²) in [7, 11) is 3.53. The van der Waals surface area contributed by atoms with Crippen molar-refractivity contribution in [2.75, 3.05) is 33.9 Å². The van der Waals surface area contributed by atoms with Gasteiger partial charge < -0.3 is 15.2 Å². The van der Waals surface area contributed by atoms with Crippen molar-refractivity contribution in [3.8, 4) is 0 Å². The number of likely N-dealkylation sites (tertiary alicyclic amines) is 1. The predicted octanol–water partition coefficient (Wildman–Crippen LogP) is 1.63. The second-order valence-electron chi connectivity index (χ2n) is 5.24. The van der Waals surface area contributed by atoms with Crippen LogP contribution in [-0.4, -0.2) is 57.0 Å². The monoisotopic (exact) mass is 258 g/mol. The predicted molar refractivity (Wildman–Crippen MR) is 74.8 cm³/mol. The number of unbranched alkanes of at least 4 members (excludes halogenated alkanes) is 3. The quantitative estimate of drug-likeness (QED) is 0.639. The second kappa shape index (κ2) is 8.86. The highest BCUT2D eigenvalue weighted by Crippen LogP contribution is 2.20. The Labute approximate surface area is 112 Å². The third-order valence-corrected chi connectivity index (χ3v) is 4.03. The molecule has 4 nitrogen and oxygen atoms in total. The maximum absolute atomic E-state index is 5.92. The van der Waals surface area contributed by atoms with Gasteiger partial charge in [-0.15, -0.1) is 0 Å². The fourth-order valence-electron chi connectivity index (χ4n) is 2.78. The molecule has 1 saturated heterocycles. The summed E-state index contributed by atoms with van der Waals surface area (Å²) in [5.41, 5.74) is 5.92. The molecule has 3 unspecified atom stereocenters. The fourth-order valence-corrected chi connectivity index (χ4v) is 2.78. The van der Waals surface area contributed by atoms with E-state index in [9.17, 15) is 0 Å². The van der Waals surface area contributed by atoms with E-state index in [0.717, 1.165) is 19.6 Å². The van der Waals surface area contributed by atoms with Crippen LogP contribution in [0.25, 0.3) is 0 Å². The molecule has 1 rings (SSSR count). The molecule has 0 aliphatic carbocycles. The van der Waals surface area contributed by atoms with Gasteiger partial charge in [-0.05, 0) is 6.42 Å². The van der Waals surface area contributed by atoms with E-state index in [1.54, 1.807) is 14.2 Å². The molecule has 108 valence electrons. The van der Waals surface area contributed by atoms with Gasteiger partial charge >= 0.3 is 0 Å². The van der Waals surface area contributed by atoms with Crippen LogP contribution in [0.15, 0.2) is 0 Å². The molecule has 0 saturated carbocycles. The van der Waals surface area contributed by atoms with E-state index in [1.165, 1.54) is 32.1 Å². The van der Waals surface area contributed by atoms with Gasteiger partial charge in [0.05, 0.1) is 12.2 Å². The highest BCUT2D eigenvalue weighted by atomic mass is 16.5. The Balaban J connectivity index is 2.36. The number of ether oxygens (including phenoxy) is 2. The number of nitrogens with two attached hydrogens (primary N) is 1. The third kappa shape index (κ3) is 4.50. The Morgan fingerprint density at radius 1 is 1.11 bits per heavy atom. The average Bonchev–Trinajstić information content (AvgIpc) is 2.82. The first-order valence-corrected chi connectivity index (χ1v) is 7.26. The largest absolute Gasteiger partial charge is 0.377 e. The molecule has 0 bridgehead atoms. The lowest BCUT2D eigenvalue weighted by molar-refractivity contribution is -0.00461. The van der Waals surface area contributed by atoms with E-state index in [1.807, 2.05) is 0 Å². The van der Waals surface area contributed by atoms with Gasteiger partial charge in [-0.25, -0.2) is 0 Å². The summed E-state index contributed by atoms with van der Waals surface area (Å²) in [6.45, 7) is 4.88. The summed E-state index contributed by atoms with van der Waals surface area (Å²) in [5, 5.41) is 0. The molecule has 3 atom stereocenters. The smallest absolute Gasteiger partial charge is 0.0971 e. The fraction of sp³-hybridized carbons (Fsp3) is 1.00. The van der Waals surface area contributed by atoms with Gasteiger partial charge in [0.1, 0.15) is 0 Å². The molecule has 0 amide bonds. The minimum Gasteiger partial charge on any atom is -0.377 e. The molecule has 1 fully saturated rings. The molecule has 18 heavy (non-hydrogen) atoms. The van der Waals surface area contributed by atoms with E-state index in [2.05, 4.69) is 11.8 Å². The van der Waals surface area contributed by atoms with Gasteiger partial charge in [0.2, 0.25) is 0 Å². The van der Waals surface area contributed by atoms with Crippen molar-refractivity contribution in [1.29, 1.82) is 0 Å². The molecular weight excluding hydrogens is 228 g/mol. The number of rotatable bonds is 9. The summed E-state index contributed by atoms with van der Waals surface area (Å²) in [4.78, 5) is 2.44. The van der Waals surface area contributed by atoms with Crippen LogP contribution >= 0.6 is 0 Å². The lowest BCUT2D eigenvalue weighted by Gasteiger charge is -2.26. The molecule has 4 heteroatoms. The molecule has 1 aliphatic heterocycles. The normalized spacial score (nSPS) is 26.7. The number of methoxy groups -OCH3 is 2. The van der Waals surface area contributed by atoms with Crippen LogP contribution in [0.5, 0.6) is 0 Å². The summed E-state index contributed by atoms with van der Waals surface area (Å²) in [6.07, 6.45) is 6.81. The number of hydrogen-bond donors (Lipinski definition) is 1. The minimum absolute atomic E-state index is 0.194. The summed E-state index contributed by atoms with van der Waals surface area (Å²) in [6, 6.07) is 0.486. The van der Waals surface area contributed by atoms with E-state index in [4.69, 9.17) is 15.2 Å². The standard InChI is InChI=1S/C14H30N2O2/c1-4-5-6-7-8-12(9-15)16-10-13(17-2)14(11-16)18-3/h12-14H,4-11,15H2,1-3H3. The van der Waals surface area contributed by atoms with Crippen LogP contribution in [-0.2, 0) is 9.47 Å². The van der Waals surface area contributed by atoms with Gasteiger partial charge in [-0.3, -0.25) is 4.90 Å². The van der Waals surface area contributed by atoms with Gasteiger partial charge in [-0.1, -0.05) is 32.6 Å².